The number of rotatable bonds is 6. The highest BCUT2D eigenvalue weighted by Crippen LogP contribution is 2.27. The predicted octanol–water partition coefficient (Wildman–Crippen LogP) is 4.62. The van der Waals surface area contributed by atoms with Crippen LogP contribution in [0.3, 0.4) is 0 Å². The van der Waals surface area contributed by atoms with Crippen molar-refractivity contribution in [1.82, 2.24) is 10.2 Å². The number of amides is 1. The third kappa shape index (κ3) is 4.46. The lowest BCUT2D eigenvalue weighted by Crippen LogP contribution is -2.32. The number of aromatic nitrogens is 2. The summed E-state index contributed by atoms with van der Waals surface area (Å²) >= 11 is 1.35. The molecule has 26 heavy (non-hydrogen) atoms. The van der Waals surface area contributed by atoms with Crippen LogP contribution in [0.25, 0.3) is 10.6 Å². The summed E-state index contributed by atoms with van der Waals surface area (Å²) in [4.78, 5) is 12.5. The number of benzene rings is 2. The minimum absolute atomic E-state index is 0.222. The highest BCUT2D eigenvalue weighted by Gasteiger charge is 2.20. The summed E-state index contributed by atoms with van der Waals surface area (Å²) in [5, 5.41) is 12.3. The van der Waals surface area contributed by atoms with Crippen LogP contribution in [-0.2, 0) is 4.79 Å². The van der Waals surface area contributed by atoms with Gasteiger partial charge in [0.2, 0.25) is 5.13 Å². The van der Waals surface area contributed by atoms with E-state index in [9.17, 15) is 4.79 Å². The van der Waals surface area contributed by atoms with Gasteiger partial charge in [-0.15, -0.1) is 10.2 Å². The van der Waals surface area contributed by atoms with Crippen molar-refractivity contribution >= 4 is 22.4 Å². The van der Waals surface area contributed by atoms with Gasteiger partial charge in [-0.3, -0.25) is 10.1 Å². The molecule has 2 aromatic carbocycles. The van der Waals surface area contributed by atoms with Crippen molar-refractivity contribution in [3.05, 3.63) is 59.7 Å². The van der Waals surface area contributed by atoms with Gasteiger partial charge >= 0.3 is 0 Å². The number of nitrogens with zero attached hydrogens (tertiary/aromatic N) is 2. The summed E-state index contributed by atoms with van der Waals surface area (Å²) in [6, 6.07) is 15.7. The van der Waals surface area contributed by atoms with E-state index in [1.54, 1.807) is 0 Å². The number of hydrogen-bond donors (Lipinski definition) is 1. The smallest absolute Gasteiger partial charge is 0.267 e. The summed E-state index contributed by atoms with van der Waals surface area (Å²) in [6.07, 6.45) is -0.0211. The molecule has 1 N–H and O–H groups in total. The topological polar surface area (TPSA) is 64.1 Å². The first kappa shape index (κ1) is 18.1. The largest absolute Gasteiger partial charge is 0.481 e. The van der Waals surface area contributed by atoms with Crippen molar-refractivity contribution in [2.75, 3.05) is 5.32 Å². The Morgan fingerprint density at radius 3 is 2.58 bits per heavy atom. The van der Waals surface area contributed by atoms with Crippen molar-refractivity contribution in [2.24, 2.45) is 0 Å². The molecule has 3 rings (SSSR count). The lowest BCUT2D eigenvalue weighted by molar-refractivity contribution is -0.122. The molecule has 0 spiro atoms. The maximum atomic E-state index is 12.5. The molecule has 1 amide bonds. The molecule has 0 bridgehead atoms. The second kappa shape index (κ2) is 8.10. The summed E-state index contributed by atoms with van der Waals surface area (Å²) < 4.78 is 5.83. The van der Waals surface area contributed by atoms with Crippen molar-refractivity contribution < 1.29 is 9.53 Å². The third-order valence-corrected chi connectivity index (χ3v) is 4.77. The number of anilines is 1. The van der Waals surface area contributed by atoms with E-state index in [0.717, 1.165) is 16.1 Å². The third-order valence-electron chi connectivity index (χ3n) is 3.88. The summed E-state index contributed by atoms with van der Waals surface area (Å²) in [7, 11) is 0. The fourth-order valence-corrected chi connectivity index (χ4v) is 3.20. The van der Waals surface area contributed by atoms with Gasteiger partial charge < -0.3 is 4.74 Å². The molecular formula is C20H21N3O2S. The summed E-state index contributed by atoms with van der Waals surface area (Å²) in [5.74, 6) is 0.463. The molecule has 0 radical (unpaired) electrons. The molecule has 0 aliphatic heterocycles. The van der Waals surface area contributed by atoms with E-state index in [1.807, 2.05) is 69.3 Å². The quantitative estimate of drug-likeness (QED) is 0.690. The molecule has 5 nitrogen and oxygen atoms in total. The van der Waals surface area contributed by atoms with Crippen molar-refractivity contribution in [2.45, 2.75) is 33.3 Å². The number of aryl methyl sites for hydroxylation is 2. The lowest BCUT2D eigenvalue weighted by Gasteiger charge is -2.16. The summed E-state index contributed by atoms with van der Waals surface area (Å²) in [5.41, 5.74) is 3.26. The summed E-state index contributed by atoms with van der Waals surface area (Å²) in [6.45, 7) is 5.94. The van der Waals surface area contributed by atoms with E-state index in [1.165, 1.54) is 16.9 Å². The predicted molar refractivity (Wildman–Crippen MR) is 105 cm³/mol. The molecular weight excluding hydrogens is 346 g/mol. The number of nitrogens with one attached hydrogen (secondary N) is 1. The van der Waals surface area contributed by atoms with Crippen LogP contribution < -0.4 is 10.1 Å². The Labute approximate surface area is 157 Å². The maximum absolute atomic E-state index is 12.5. The molecule has 1 aromatic heterocycles. The number of hydrogen-bond acceptors (Lipinski definition) is 5. The van der Waals surface area contributed by atoms with Crippen molar-refractivity contribution in [3.8, 4) is 16.3 Å². The van der Waals surface area contributed by atoms with E-state index in [2.05, 4.69) is 15.5 Å². The monoisotopic (exact) mass is 367 g/mol. The first-order valence-corrected chi connectivity index (χ1v) is 9.31. The Balaban J connectivity index is 1.67. The number of ether oxygens (including phenoxy) is 1. The highest BCUT2D eigenvalue weighted by molar-refractivity contribution is 7.18. The molecule has 0 aliphatic rings. The van der Waals surface area contributed by atoms with Gasteiger partial charge in [0.05, 0.1) is 0 Å². The van der Waals surface area contributed by atoms with Gasteiger partial charge in [-0.2, -0.15) is 0 Å². The zero-order valence-electron chi connectivity index (χ0n) is 15.0. The van der Waals surface area contributed by atoms with Gasteiger partial charge in [0.25, 0.3) is 5.91 Å². The molecule has 0 unspecified atom stereocenters. The second-order valence-electron chi connectivity index (χ2n) is 6.10. The van der Waals surface area contributed by atoms with Gasteiger partial charge in [0.1, 0.15) is 10.8 Å². The highest BCUT2D eigenvalue weighted by atomic mass is 32.1. The molecule has 0 fully saturated rings. The van der Waals surface area contributed by atoms with Crippen LogP contribution in [0.4, 0.5) is 5.13 Å². The Bertz CT molecular complexity index is 890. The average molecular weight is 367 g/mol. The molecule has 0 saturated carbocycles. The average Bonchev–Trinajstić information content (AvgIpc) is 3.08. The van der Waals surface area contributed by atoms with E-state index < -0.39 is 6.10 Å². The Hall–Kier alpha value is -2.73. The van der Waals surface area contributed by atoms with Crippen LogP contribution in [0.1, 0.15) is 24.5 Å². The SMILES string of the molecule is CC[C@H](Oc1cccc(C)c1)C(=O)Nc1nnc(-c2ccc(C)cc2)s1. The zero-order valence-corrected chi connectivity index (χ0v) is 15.8. The molecule has 6 heteroatoms. The standard InChI is InChI=1S/C20H21N3O2S/c1-4-17(25-16-7-5-6-14(3)12-16)18(24)21-20-23-22-19(26-20)15-10-8-13(2)9-11-15/h5-12,17H,4H2,1-3H3,(H,21,23,24)/t17-/m0/s1. The molecule has 134 valence electrons. The molecule has 0 aliphatic carbocycles. The van der Waals surface area contributed by atoms with Gasteiger partial charge in [-0.1, -0.05) is 60.2 Å². The van der Waals surface area contributed by atoms with Crippen LogP contribution in [-0.4, -0.2) is 22.2 Å². The van der Waals surface area contributed by atoms with Gasteiger partial charge in [0.15, 0.2) is 6.10 Å². The van der Waals surface area contributed by atoms with Crippen molar-refractivity contribution in [1.29, 1.82) is 0 Å². The van der Waals surface area contributed by atoms with E-state index >= 15 is 0 Å². The Morgan fingerprint density at radius 1 is 1.12 bits per heavy atom. The van der Waals surface area contributed by atoms with Gasteiger partial charge in [0, 0.05) is 5.56 Å². The zero-order chi connectivity index (χ0) is 18.5. The van der Waals surface area contributed by atoms with E-state index in [0.29, 0.717) is 17.3 Å². The van der Waals surface area contributed by atoms with Gasteiger partial charge in [-0.25, -0.2) is 0 Å². The Morgan fingerprint density at radius 2 is 1.88 bits per heavy atom. The maximum Gasteiger partial charge on any atom is 0.267 e. The Kier molecular flexibility index (Phi) is 5.63. The van der Waals surface area contributed by atoms with Crippen LogP contribution in [0.2, 0.25) is 0 Å². The van der Waals surface area contributed by atoms with Crippen molar-refractivity contribution in [3.63, 3.8) is 0 Å². The van der Waals surface area contributed by atoms with Gasteiger partial charge in [-0.05, 0) is 38.0 Å². The van der Waals surface area contributed by atoms with E-state index in [-0.39, 0.29) is 5.91 Å². The van der Waals surface area contributed by atoms with Crippen LogP contribution in [0, 0.1) is 13.8 Å². The fourth-order valence-electron chi connectivity index (χ4n) is 2.45. The fraction of sp³-hybridized carbons (Fsp3) is 0.250. The molecule has 0 saturated heterocycles. The van der Waals surface area contributed by atoms with E-state index in [4.69, 9.17) is 4.74 Å². The molecule has 3 aromatic rings. The normalized spacial score (nSPS) is 11.8. The first-order valence-electron chi connectivity index (χ1n) is 8.50. The molecule has 1 heterocycles. The van der Waals surface area contributed by atoms with Crippen LogP contribution >= 0.6 is 11.3 Å². The van der Waals surface area contributed by atoms with Crippen LogP contribution in [0.5, 0.6) is 5.75 Å². The number of carbonyl (C=O) groups is 1. The minimum atomic E-state index is -0.580. The number of carbonyl (C=O) groups excluding carboxylic acids is 1. The van der Waals surface area contributed by atoms with Crippen LogP contribution in [0.15, 0.2) is 48.5 Å². The first-order chi connectivity index (χ1) is 12.5. The second-order valence-corrected chi connectivity index (χ2v) is 7.08. The molecule has 1 atom stereocenters. The lowest BCUT2D eigenvalue weighted by atomic mass is 10.2. The minimum Gasteiger partial charge on any atom is -0.481 e.